The molecule has 1 aliphatic heterocycles. The Bertz CT molecular complexity index is 942. The fraction of sp³-hybridized carbons (Fsp3) is 0.577. The molecule has 2 fully saturated rings. The van der Waals surface area contributed by atoms with Gasteiger partial charge in [0.05, 0.1) is 42.5 Å². The molecule has 0 amide bonds. The summed E-state index contributed by atoms with van der Waals surface area (Å²) < 4.78 is 11.0. The number of carboxylic acids is 1. The molecule has 1 aliphatic carbocycles. The van der Waals surface area contributed by atoms with E-state index in [2.05, 4.69) is 38.4 Å². The van der Waals surface area contributed by atoms with E-state index in [0.717, 1.165) is 67.6 Å². The Morgan fingerprint density at radius 3 is 2.56 bits per heavy atom. The Morgan fingerprint density at radius 2 is 1.94 bits per heavy atom. The largest absolute Gasteiger partial charge is 0.481 e. The van der Waals surface area contributed by atoms with Crippen LogP contribution in [0, 0.1) is 5.92 Å². The summed E-state index contributed by atoms with van der Waals surface area (Å²) in [5.74, 6) is -0.0776. The molecule has 184 valence electrons. The van der Waals surface area contributed by atoms with Crippen LogP contribution < -0.4 is 15.0 Å². The summed E-state index contributed by atoms with van der Waals surface area (Å²) in [4.78, 5) is 22.6. The van der Waals surface area contributed by atoms with Gasteiger partial charge in [-0.1, -0.05) is 13.0 Å². The molecular weight excluding hydrogens is 432 g/mol. The van der Waals surface area contributed by atoms with Crippen LogP contribution in [0.1, 0.15) is 63.9 Å². The van der Waals surface area contributed by atoms with E-state index in [1.165, 1.54) is 12.8 Å². The first-order valence-corrected chi connectivity index (χ1v) is 12.5. The summed E-state index contributed by atoms with van der Waals surface area (Å²) >= 11 is 0. The SMILES string of the molecule is CCOc1ncc(Nc2cc(C(CC)CC(=O)O)ccc2N(CC2CC2)C2CCOCC2)cn1. The van der Waals surface area contributed by atoms with Gasteiger partial charge in [-0.2, -0.15) is 0 Å². The summed E-state index contributed by atoms with van der Waals surface area (Å²) in [5.41, 5.74) is 3.90. The van der Waals surface area contributed by atoms with Crippen molar-refractivity contribution in [1.29, 1.82) is 0 Å². The van der Waals surface area contributed by atoms with E-state index in [4.69, 9.17) is 9.47 Å². The van der Waals surface area contributed by atoms with Crippen LogP contribution in [-0.4, -0.2) is 53.5 Å². The van der Waals surface area contributed by atoms with Crippen molar-refractivity contribution >= 4 is 23.0 Å². The smallest absolute Gasteiger partial charge is 0.316 e. The third kappa shape index (κ3) is 6.38. The van der Waals surface area contributed by atoms with Gasteiger partial charge in [0.15, 0.2) is 0 Å². The number of aliphatic carboxylic acids is 1. The van der Waals surface area contributed by atoms with E-state index < -0.39 is 5.97 Å². The average Bonchev–Trinajstić information content (AvgIpc) is 3.67. The summed E-state index contributed by atoms with van der Waals surface area (Å²) in [6.45, 7) is 7.06. The van der Waals surface area contributed by atoms with Crippen LogP contribution in [0.3, 0.4) is 0 Å². The van der Waals surface area contributed by atoms with Crippen LogP contribution in [0.2, 0.25) is 0 Å². The van der Waals surface area contributed by atoms with Crippen molar-refractivity contribution in [3.05, 3.63) is 36.2 Å². The van der Waals surface area contributed by atoms with Gasteiger partial charge in [-0.05, 0) is 68.6 Å². The average molecular weight is 469 g/mol. The maximum Gasteiger partial charge on any atom is 0.316 e. The van der Waals surface area contributed by atoms with Crippen molar-refractivity contribution in [2.24, 2.45) is 5.92 Å². The lowest BCUT2D eigenvalue weighted by Gasteiger charge is -2.37. The molecule has 0 bridgehead atoms. The number of carbonyl (C=O) groups is 1. The molecule has 34 heavy (non-hydrogen) atoms. The monoisotopic (exact) mass is 468 g/mol. The molecule has 2 N–H and O–H groups in total. The van der Waals surface area contributed by atoms with E-state index >= 15 is 0 Å². The van der Waals surface area contributed by atoms with Gasteiger partial charge in [0.1, 0.15) is 0 Å². The molecule has 4 rings (SSSR count). The number of hydrogen-bond acceptors (Lipinski definition) is 7. The lowest BCUT2D eigenvalue weighted by atomic mass is 9.92. The zero-order chi connectivity index (χ0) is 23.9. The first kappa shape index (κ1) is 24.3. The number of hydrogen-bond donors (Lipinski definition) is 2. The summed E-state index contributed by atoms with van der Waals surface area (Å²) in [7, 11) is 0. The number of anilines is 3. The summed E-state index contributed by atoms with van der Waals surface area (Å²) in [6.07, 6.45) is 8.92. The van der Waals surface area contributed by atoms with Gasteiger partial charge in [-0.15, -0.1) is 0 Å². The summed E-state index contributed by atoms with van der Waals surface area (Å²) in [5, 5.41) is 12.9. The third-order valence-electron chi connectivity index (χ3n) is 6.68. The van der Waals surface area contributed by atoms with E-state index in [1.54, 1.807) is 12.4 Å². The van der Waals surface area contributed by atoms with Crippen molar-refractivity contribution < 1.29 is 19.4 Å². The van der Waals surface area contributed by atoms with Gasteiger partial charge in [-0.25, -0.2) is 9.97 Å². The van der Waals surface area contributed by atoms with E-state index in [9.17, 15) is 9.90 Å². The van der Waals surface area contributed by atoms with Crippen LogP contribution in [0.15, 0.2) is 30.6 Å². The van der Waals surface area contributed by atoms with Crippen LogP contribution in [-0.2, 0) is 9.53 Å². The van der Waals surface area contributed by atoms with E-state index in [-0.39, 0.29) is 12.3 Å². The maximum atomic E-state index is 11.4. The zero-order valence-corrected chi connectivity index (χ0v) is 20.2. The zero-order valence-electron chi connectivity index (χ0n) is 20.2. The number of benzene rings is 1. The highest BCUT2D eigenvalue weighted by atomic mass is 16.5. The molecule has 0 radical (unpaired) electrons. The Hall–Kier alpha value is -2.87. The molecule has 2 heterocycles. The molecule has 8 heteroatoms. The fourth-order valence-electron chi connectivity index (χ4n) is 4.63. The predicted molar refractivity (Wildman–Crippen MR) is 132 cm³/mol. The van der Waals surface area contributed by atoms with Gasteiger partial charge in [0.2, 0.25) is 0 Å². The van der Waals surface area contributed by atoms with Crippen molar-refractivity contribution in [3.8, 4) is 6.01 Å². The highest BCUT2D eigenvalue weighted by molar-refractivity contribution is 5.77. The highest BCUT2D eigenvalue weighted by Crippen LogP contribution is 2.39. The number of carboxylic acid groups (broad SMARTS) is 1. The highest BCUT2D eigenvalue weighted by Gasteiger charge is 2.31. The Labute approximate surface area is 201 Å². The molecule has 0 spiro atoms. The molecule has 2 aromatic rings. The number of ether oxygens (including phenoxy) is 2. The first-order valence-electron chi connectivity index (χ1n) is 12.5. The van der Waals surface area contributed by atoms with Crippen molar-refractivity contribution in [2.45, 2.75) is 64.3 Å². The van der Waals surface area contributed by atoms with Gasteiger partial charge in [0, 0.05) is 25.8 Å². The van der Waals surface area contributed by atoms with Gasteiger partial charge in [-0.3, -0.25) is 4.79 Å². The Kier molecular flexibility index (Phi) is 8.21. The minimum absolute atomic E-state index is 0.0383. The van der Waals surface area contributed by atoms with Gasteiger partial charge >= 0.3 is 12.0 Å². The molecule has 1 saturated carbocycles. The minimum atomic E-state index is -0.775. The molecule has 1 aromatic heterocycles. The quantitative estimate of drug-likeness (QED) is 0.450. The second kappa shape index (κ2) is 11.5. The van der Waals surface area contributed by atoms with Crippen molar-refractivity contribution in [2.75, 3.05) is 36.6 Å². The Morgan fingerprint density at radius 1 is 1.21 bits per heavy atom. The number of nitrogens with one attached hydrogen (secondary N) is 1. The predicted octanol–water partition coefficient (Wildman–Crippen LogP) is 4.98. The third-order valence-corrected chi connectivity index (χ3v) is 6.68. The normalized spacial score (nSPS) is 17.2. The maximum absolute atomic E-state index is 11.4. The molecule has 2 aliphatic rings. The molecule has 1 unspecified atom stereocenters. The van der Waals surface area contributed by atoms with Crippen LogP contribution in [0.4, 0.5) is 17.1 Å². The lowest BCUT2D eigenvalue weighted by Crippen LogP contribution is -2.41. The Balaban J connectivity index is 1.68. The second-order valence-electron chi connectivity index (χ2n) is 9.23. The first-order chi connectivity index (χ1) is 16.6. The van der Waals surface area contributed by atoms with Crippen LogP contribution in [0.5, 0.6) is 6.01 Å². The molecular formula is C26H36N4O4. The lowest BCUT2D eigenvalue weighted by molar-refractivity contribution is -0.137. The molecule has 1 atom stereocenters. The minimum Gasteiger partial charge on any atom is -0.481 e. The van der Waals surface area contributed by atoms with Crippen LogP contribution in [0.25, 0.3) is 0 Å². The van der Waals surface area contributed by atoms with Gasteiger partial charge < -0.3 is 24.8 Å². The molecule has 1 saturated heterocycles. The van der Waals surface area contributed by atoms with Crippen molar-refractivity contribution in [3.63, 3.8) is 0 Å². The van der Waals surface area contributed by atoms with Gasteiger partial charge in [0.25, 0.3) is 0 Å². The van der Waals surface area contributed by atoms with E-state index in [1.807, 2.05) is 13.8 Å². The summed E-state index contributed by atoms with van der Waals surface area (Å²) in [6, 6.07) is 7.16. The number of rotatable bonds is 12. The molecule has 1 aromatic carbocycles. The van der Waals surface area contributed by atoms with Crippen molar-refractivity contribution in [1.82, 2.24) is 9.97 Å². The topological polar surface area (TPSA) is 96.8 Å². The standard InChI is InChI=1S/C26H36N4O4/c1-3-19(14-25(31)32)20-7-8-24(30(17-18-5-6-18)22-9-11-33-12-10-22)23(13-20)29-21-15-27-26(28-16-21)34-4-2/h7-8,13,15-16,18-19,22,29H,3-6,9-12,14,17H2,1-2H3,(H,31,32). The fourth-order valence-corrected chi connectivity index (χ4v) is 4.63. The van der Waals surface area contributed by atoms with E-state index in [0.29, 0.717) is 18.7 Å². The second-order valence-corrected chi connectivity index (χ2v) is 9.23. The number of nitrogens with zero attached hydrogens (tertiary/aromatic N) is 3. The van der Waals surface area contributed by atoms with Crippen LogP contribution >= 0.6 is 0 Å². The molecule has 8 nitrogen and oxygen atoms in total. The number of aromatic nitrogens is 2.